The molecule has 6 nitrogen and oxygen atoms in total. The predicted octanol–water partition coefficient (Wildman–Crippen LogP) is 2.09. The zero-order valence-electron chi connectivity index (χ0n) is 12.0. The summed E-state index contributed by atoms with van der Waals surface area (Å²) in [5, 5.41) is 15.7. The van der Waals surface area contributed by atoms with Crippen molar-refractivity contribution >= 4 is 11.6 Å². The molecule has 2 N–H and O–H groups in total. The number of hydrogen-bond donors (Lipinski definition) is 2. The van der Waals surface area contributed by atoms with E-state index < -0.39 is 0 Å². The predicted molar refractivity (Wildman–Crippen MR) is 77.6 cm³/mol. The molecule has 2 rings (SSSR count). The number of carbonyl (C=O) groups is 1. The van der Waals surface area contributed by atoms with Crippen LogP contribution >= 0.6 is 0 Å². The van der Waals surface area contributed by atoms with Crippen LogP contribution in [0.5, 0.6) is 0 Å². The van der Waals surface area contributed by atoms with Crippen LogP contribution in [0.1, 0.15) is 37.0 Å². The third-order valence-corrected chi connectivity index (χ3v) is 2.94. The molecule has 1 amide bonds. The van der Waals surface area contributed by atoms with E-state index in [-0.39, 0.29) is 18.9 Å². The summed E-state index contributed by atoms with van der Waals surface area (Å²) in [5.74, 6) is 1.04. The first-order valence-corrected chi connectivity index (χ1v) is 7.02. The van der Waals surface area contributed by atoms with E-state index in [9.17, 15) is 4.79 Å². The number of carbonyl (C=O) groups excluding carboxylic acids is 1. The fraction of sp³-hybridized carbons (Fsp3) is 0.400. The number of amides is 1. The van der Waals surface area contributed by atoms with Gasteiger partial charge in [-0.1, -0.05) is 24.2 Å². The lowest BCUT2D eigenvalue weighted by molar-refractivity contribution is -0.116. The molecule has 2 aromatic rings. The second kappa shape index (κ2) is 7.54. The molecule has 0 saturated carbocycles. The highest BCUT2D eigenvalue weighted by Crippen LogP contribution is 2.11. The topological polar surface area (TPSA) is 88.2 Å². The van der Waals surface area contributed by atoms with Gasteiger partial charge in [-0.2, -0.15) is 4.98 Å². The first-order chi connectivity index (χ1) is 10.2. The molecule has 0 saturated heterocycles. The van der Waals surface area contributed by atoms with E-state index in [1.807, 2.05) is 6.92 Å². The molecule has 112 valence electrons. The van der Waals surface area contributed by atoms with E-state index in [4.69, 9.17) is 9.63 Å². The van der Waals surface area contributed by atoms with Gasteiger partial charge < -0.3 is 14.9 Å². The standard InChI is InChI=1S/C15H19N3O3/c1-2-4-13-17-15(21-18-13)8-7-14(20)16-12-6-3-5-11(9-12)10-19/h3,5-6,9,19H,2,4,7-8,10H2,1H3,(H,16,20). The first-order valence-electron chi connectivity index (χ1n) is 7.02. The summed E-state index contributed by atoms with van der Waals surface area (Å²) < 4.78 is 5.08. The van der Waals surface area contributed by atoms with Crippen LogP contribution in [-0.4, -0.2) is 21.2 Å². The van der Waals surface area contributed by atoms with Crippen molar-refractivity contribution in [1.82, 2.24) is 10.1 Å². The number of benzene rings is 1. The van der Waals surface area contributed by atoms with E-state index in [1.54, 1.807) is 24.3 Å². The van der Waals surface area contributed by atoms with E-state index in [1.165, 1.54) is 0 Å². The summed E-state index contributed by atoms with van der Waals surface area (Å²) >= 11 is 0. The number of aromatic nitrogens is 2. The molecule has 0 aliphatic carbocycles. The Morgan fingerprint density at radius 1 is 1.38 bits per heavy atom. The summed E-state index contributed by atoms with van der Waals surface area (Å²) in [5.41, 5.74) is 1.43. The largest absolute Gasteiger partial charge is 0.392 e. The van der Waals surface area contributed by atoms with Crippen LogP contribution in [-0.2, 0) is 24.2 Å². The highest BCUT2D eigenvalue weighted by molar-refractivity contribution is 5.90. The molecule has 0 radical (unpaired) electrons. The second-order valence-corrected chi connectivity index (χ2v) is 4.76. The van der Waals surface area contributed by atoms with Gasteiger partial charge in [0, 0.05) is 24.9 Å². The quantitative estimate of drug-likeness (QED) is 0.814. The number of nitrogens with zero attached hydrogens (tertiary/aromatic N) is 2. The highest BCUT2D eigenvalue weighted by atomic mass is 16.5. The molecule has 0 unspecified atom stereocenters. The summed E-state index contributed by atoms with van der Waals surface area (Å²) in [6.45, 7) is 2.00. The highest BCUT2D eigenvalue weighted by Gasteiger charge is 2.09. The summed E-state index contributed by atoms with van der Waals surface area (Å²) in [7, 11) is 0. The number of nitrogens with one attached hydrogen (secondary N) is 1. The molecular weight excluding hydrogens is 270 g/mol. The normalized spacial score (nSPS) is 10.6. The van der Waals surface area contributed by atoms with Crippen LogP contribution in [0.3, 0.4) is 0 Å². The van der Waals surface area contributed by atoms with Gasteiger partial charge in [0.25, 0.3) is 0 Å². The Hall–Kier alpha value is -2.21. The fourth-order valence-electron chi connectivity index (χ4n) is 1.91. The van der Waals surface area contributed by atoms with Crippen molar-refractivity contribution in [2.75, 3.05) is 5.32 Å². The van der Waals surface area contributed by atoms with Gasteiger partial charge in [-0.15, -0.1) is 0 Å². The van der Waals surface area contributed by atoms with Crippen LogP contribution in [0.25, 0.3) is 0 Å². The van der Waals surface area contributed by atoms with Gasteiger partial charge in [-0.05, 0) is 24.1 Å². The van der Waals surface area contributed by atoms with Gasteiger partial charge in [0.1, 0.15) is 0 Å². The van der Waals surface area contributed by atoms with E-state index in [2.05, 4.69) is 15.5 Å². The van der Waals surface area contributed by atoms with Crippen molar-refractivity contribution in [3.05, 3.63) is 41.5 Å². The number of aryl methyl sites for hydroxylation is 2. The summed E-state index contributed by atoms with van der Waals surface area (Å²) in [6.07, 6.45) is 2.43. The maximum atomic E-state index is 11.9. The number of aliphatic hydroxyl groups is 1. The van der Waals surface area contributed by atoms with Crippen molar-refractivity contribution in [2.24, 2.45) is 0 Å². The van der Waals surface area contributed by atoms with Crippen LogP contribution in [0, 0.1) is 0 Å². The third-order valence-electron chi connectivity index (χ3n) is 2.94. The molecule has 21 heavy (non-hydrogen) atoms. The van der Waals surface area contributed by atoms with E-state index in [0.717, 1.165) is 18.4 Å². The lowest BCUT2D eigenvalue weighted by atomic mass is 10.2. The Morgan fingerprint density at radius 2 is 2.24 bits per heavy atom. The van der Waals surface area contributed by atoms with Gasteiger partial charge >= 0.3 is 0 Å². The molecule has 6 heteroatoms. The Labute approximate surface area is 123 Å². The van der Waals surface area contributed by atoms with Gasteiger partial charge in [0.05, 0.1) is 6.61 Å². The molecular formula is C15H19N3O3. The SMILES string of the molecule is CCCc1noc(CCC(=O)Nc2cccc(CO)c2)n1. The number of rotatable bonds is 7. The van der Waals surface area contributed by atoms with Gasteiger partial charge in [0.2, 0.25) is 11.8 Å². The summed E-state index contributed by atoms with van der Waals surface area (Å²) in [4.78, 5) is 16.1. The van der Waals surface area contributed by atoms with Gasteiger partial charge in [-0.3, -0.25) is 4.79 Å². The average molecular weight is 289 g/mol. The maximum Gasteiger partial charge on any atom is 0.227 e. The van der Waals surface area contributed by atoms with Crippen molar-refractivity contribution < 1.29 is 14.4 Å². The molecule has 0 spiro atoms. The van der Waals surface area contributed by atoms with Crippen molar-refractivity contribution in [1.29, 1.82) is 0 Å². The number of aliphatic hydroxyl groups excluding tert-OH is 1. The van der Waals surface area contributed by atoms with Crippen LogP contribution in [0.4, 0.5) is 5.69 Å². The lowest BCUT2D eigenvalue weighted by Crippen LogP contribution is -2.12. The molecule has 1 heterocycles. The van der Waals surface area contributed by atoms with Crippen LogP contribution in [0.15, 0.2) is 28.8 Å². The van der Waals surface area contributed by atoms with Gasteiger partial charge in [-0.25, -0.2) is 0 Å². The van der Waals surface area contributed by atoms with Crippen molar-refractivity contribution in [3.63, 3.8) is 0 Å². The molecule has 0 fully saturated rings. The molecule has 0 aliphatic rings. The van der Waals surface area contributed by atoms with Crippen molar-refractivity contribution in [2.45, 2.75) is 39.2 Å². The fourth-order valence-corrected chi connectivity index (χ4v) is 1.91. The first kappa shape index (κ1) is 15.2. The Morgan fingerprint density at radius 3 is 3.00 bits per heavy atom. The molecule has 0 atom stereocenters. The summed E-state index contributed by atoms with van der Waals surface area (Å²) in [6, 6.07) is 7.10. The van der Waals surface area contributed by atoms with E-state index in [0.29, 0.717) is 23.8 Å². The zero-order valence-corrected chi connectivity index (χ0v) is 12.0. The smallest absolute Gasteiger partial charge is 0.227 e. The Kier molecular flexibility index (Phi) is 5.45. The van der Waals surface area contributed by atoms with Crippen LogP contribution in [0.2, 0.25) is 0 Å². The van der Waals surface area contributed by atoms with E-state index >= 15 is 0 Å². The third kappa shape index (κ3) is 4.68. The number of hydrogen-bond acceptors (Lipinski definition) is 5. The maximum absolute atomic E-state index is 11.9. The minimum Gasteiger partial charge on any atom is -0.392 e. The van der Waals surface area contributed by atoms with Gasteiger partial charge in [0.15, 0.2) is 5.82 Å². The Balaban J connectivity index is 1.83. The van der Waals surface area contributed by atoms with Crippen molar-refractivity contribution in [3.8, 4) is 0 Å². The molecule has 0 bridgehead atoms. The number of anilines is 1. The molecule has 0 aliphatic heterocycles. The minimum absolute atomic E-state index is 0.0497. The molecule has 1 aromatic heterocycles. The average Bonchev–Trinajstić information content (AvgIpc) is 2.93. The van der Waals surface area contributed by atoms with Crippen LogP contribution < -0.4 is 5.32 Å². The monoisotopic (exact) mass is 289 g/mol. The second-order valence-electron chi connectivity index (χ2n) is 4.76. The Bertz CT molecular complexity index is 595. The zero-order chi connectivity index (χ0) is 15.1. The lowest BCUT2D eigenvalue weighted by Gasteiger charge is -2.05. The molecule has 1 aromatic carbocycles. The minimum atomic E-state index is -0.125.